The van der Waals surface area contributed by atoms with E-state index in [1.165, 1.54) is 23.1 Å². The molecule has 1 N–H and O–H groups in total. The molecule has 5 nitrogen and oxygen atoms in total. The molecule has 0 radical (unpaired) electrons. The molecule has 130 valence electrons. The number of ether oxygens (including phenoxy) is 1. The predicted molar refractivity (Wildman–Crippen MR) is 102 cm³/mol. The molecule has 0 atom stereocenters. The number of thioether (sulfide) groups is 1. The second kappa shape index (κ2) is 7.41. The number of carbonyl (C=O) groups excluding carboxylic acids is 1. The van der Waals surface area contributed by atoms with E-state index in [2.05, 4.69) is 9.97 Å². The van der Waals surface area contributed by atoms with Crippen molar-refractivity contribution >= 4 is 39.1 Å². The number of Topliss-reactive ketones (excluding diaryl/α,β-unsaturated/α-hetero) is 1. The molecule has 3 rings (SSSR count). The third kappa shape index (κ3) is 3.77. The lowest BCUT2D eigenvalue weighted by Crippen LogP contribution is -2.10. The number of aryl methyl sites for hydroxylation is 2. The Balaban J connectivity index is 1.73. The van der Waals surface area contributed by atoms with Crippen LogP contribution < -0.4 is 10.3 Å². The molecule has 0 spiro atoms. The highest BCUT2D eigenvalue weighted by atomic mass is 32.2. The summed E-state index contributed by atoms with van der Waals surface area (Å²) < 4.78 is 5.37. The number of fused-ring (bicyclic) bond motifs is 1. The van der Waals surface area contributed by atoms with Crippen LogP contribution in [0.15, 0.2) is 34.2 Å². The number of hydrogen-bond donors (Lipinski definition) is 1. The van der Waals surface area contributed by atoms with Crippen molar-refractivity contribution in [3.63, 3.8) is 0 Å². The van der Waals surface area contributed by atoms with Gasteiger partial charge in [-0.2, -0.15) is 0 Å². The van der Waals surface area contributed by atoms with Gasteiger partial charge in [0.05, 0.1) is 17.7 Å². The van der Waals surface area contributed by atoms with E-state index in [0.717, 1.165) is 21.0 Å². The summed E-state index contributed by atoms with van der Waals surface area (Å²) in [5.41, 5.74) is 1.43. The number of thiophene rings is 1. The fraction of sp³-hybridized carbons (Fsp3) is 0.278. The van der Waals surface area contributed by atoms with Crippen LogP contribution in [-0.4, -0.2) is 28.1 Å². The molecule has 2 aromatic heterocycles. The van der Waals surface area contributed by atoms with Crippen LogP contribution in [0.5, 0.6) is 5.75 Å². The second-order valence-electron chi connectivity index (χ2n) is 5.50. The largest absolute Gasteiger partial charge is 0.494 e. The van der Waals surface area contributed by atoms with Crippen molar-refractivity contribution < 1.29 is 9.53 Å². The van der Waals surface area contributed by atoms with E-state index in [1.807, 2.05) is 20.8 Å². The third-order valence-electron chi connectivity index (χ3n) is 3.84. The summed E-state index contributed by atoms with van der Waals surface area (Å²) >= 11 is 2.74. The zero-order valence-corrected chi connectivity index (χ0v) is 15.8. The molecule has 0 aliphatic carbocycles. The molecule has 0 bridgehead atoms. The number of aromatic amines is 1. The van der Waals surface area contributed by atoms with Gasteiger partial charge in [0.25, 0.3) is 5.56 Å². The zero-order valence-electron chi connectivity index (χ0n) is 14.2. The van der Waals surface area contributed by atoms with E-state index < -0.39 is 0 Å². The Morgan fingerprint density at radius 3 is 2.68 bits per heavy atom. The van der Waals surface area contributed by atoms with Gasteiger partial charge in [-0.15, -0.1) is 11.3 Å². The van der Waals surface area contributed by atoms with Crippen LogP contribution in [-0.2, 0) is 0 Å². The SMILES string of the molecule is CCOc1ccc(C(=O)CSc2nc3sc(C)c(C)c3c(=O)[nH]2)cc1. The van der Waals surface area contributed by atoms with Gasteiger partial charge < -0.3 is 9.72 Å². The van der Waals surface area contributed by atoms with Gasteiger partial charge in [0.2, 0.25) is 0 Å². The van der Waals surface area contributed by atoms with Crippen LogP contribution in [0.4, 0.5) is 0 Å². The Morgan fingerprint density at radius 1 is 1.28 bits per heavy atom. The molecule has 0 saturated heterocycles. The van der Waals surface area contributed by atoms with Gasteiger partial charge in [-0.1, -0.05) is 11.8 Å². The number of aromatic nitrogens is 2. The minimum Gasteiger partial charge on any atom is -0.494 e. The normalized spacial score (nSPS) is 11.0. The Hall–Kier alpha value is -2.12. The Bertz CT molecular complexity index is 974. The number of nitrogens with zero attached hydrogens (tertiary/aromatic N) is 1. The number of ketones is 1. The molecular formula is C18H18N2O3S2. The van der Waals surface area contributed by atoms with E-state index in [-0.39, 0.29) is 17.1 Å². The van der Waals surface area contributed by atoms with E-state index in [0.29, 0.717) is 22.7 Å². The first-order chi connectivity index (χ1) is 12.0. The zero-order chi connectivity index (χ0) is 18.0. The standard InChI is InChI=1S/C18H18N2O3S2/c1-4-23-13-7-5-12(6-8-13)14(21)9-24-18-19-16(22)15-10(2)11(3)25-17(15)20-18/h5-8H,4,9H2,1-3H3,(H,19,20,22). The summed E-state index contributed by atoms with van der Waals surface area (Å²) in [5, 5.41) is 1.11. The summed E-state index contributed by atoms with van der Waals surface area (Å²) in [6.07, 6.45) is 0. The second-order valence-corrected chi connectivity index (χ2v) is 7.67. The first kappa shape index (κ1) is 17.7. The van der Waals surface area contributed by atoms with Crippen molar-refractivity contribution in [2.24, 2.45) is 0 Å². The van der Waals surface area contributed by atoms with Gasteiger partial charge >= 0.3 is 0 Å². The molecule has 0 aliphatic rings. The van der Waals surface area contributed by atoms with Crippen molar-refractivity contribution in [3.8, 4) is 5.75 Å². The van der Waals surface area contributed by atoms with Crippen LogP contribution in [0.3, 0.4) is 0 Å². The van der Waals surface area contributed by atoms with Crippen LogP contribution in [0.1, 0.15) is 27.7 Å². The number of benzene rings is 1. The Kier molecular flexibility index (Phi) is 5.24. The topological polar surface area (TPSA) is 72.0 Å². The molecule has 0 unspecified atom stereocenters. The fourth-order valence-electron chi connectivity index (χ4n) is 2.42. The minimum absolute atomic E-state index is 0.0191. The average molecular weight is 374 g/mol. The molecule has 1 aromatic carbocycles. The van der Waals surface area contributed by atoms with Gasteiger partial charge in [-0.3, -0.25) is 9.59 Å². The van der Waals surface area contributed by atoms with Gasteiger partial charge in [0.15, 0.2) is 10.9 Å². The van der Waals surface area contributed by atoms with Crippen LogP contribution in [0.25, 0.3) is 10.2 Å². The van der Waals surface area contributed by atoms with Gasteiger partial charge in [0, 0.05) is 10.4 Å². The summed E-state index contributed by atoms with van der Waals surface area (Å²) in [7, 11) is 0. The van der Waals surface area contributed by atoms with Gasteiger partial charge in [-0.25, -0.2) is 4.98 Å². The number of H-pyrrole nitrogens is 1. The van der Waals surface area contributed by atoms with Crippen LogP contribution in [0.2, 0.25) is 0 Å². The highest BCUT2D eigenvalue weighted by Gasteiger charge is 2.13. The van der Waals surface area contributed by atoms with Crippen molar-refractivity contribution in [3.05, 3.63) is 50.6 Å². The average Bonchev–Trinajstić information content (AvgIpc) is 2.88. The molecule has 0 fully saturated rings. The smallest absolute Gasteiger partial charge is 0.260 e. The van der Waals surface area contributed by atoms with Crippen molar-refractivity contribution in [2.75, 3.05) is 12.4 Å². The molecule has 7 heteroatoms. The quantitative estimate of drug-likeness (QED) is 0.401. The maximum Gasteiger partial charge on any atom is 0.260 e. The fourth-order valence-corrected chi connectivity index (χ4v) is 4.27. The first-order valence-electron chi connectivity index (χ1n) is 7.88. The highest BCUT2D eigenvalue weighted by molar-refractivity contribution is 7.99. The molecule has 0 amide bonds. The van der Waals surface area contributed by atoms with Gasteiger partial charge in [-0.05, 0) is 50.6 Å². The molecule has 0 saturated carbocycles. The van der Waals surface area contributed by atoms with Crippen LogP contribution >= 0.6 is 23.1 Å². The maximum absolute atomic E-state index is 12.3. The highest BCUT2D eigenvalue weighted by Crippen LogP contribution is 2.27. The Morgan fingerprint density at radius 2 is 2.00 bits per heavy atom. The lowest BCUT2D eigenvalue weighted by atomic mass is 10.1. The summed E-state index contributed by atoms with van der Waals surface area (Å²) in [6.45, 7) is 6.40. The predicted octanol–water partition coefficient (Wildman–Crippen LogP) is 3.98. The van der Waals surface area contributed by atoms with Crippen molar-refractivity contribution in [1.29, 1.82) is 0 Å². The lowest BCUT2D eigenvalue weighted by molar-refractivity contribution is 0.102. The number of nitrogens with one attached hydrogen (secondary N) is 1. The molecule has 3 aromatic rings. The Labute approximate surface area is 153 Å². The molecule has 2 heterocycles. The number of rotatable bonds is 6. The first-order valence-corrected chi connectivity index (χ1v) is 9.68. The minimum atomic E-state index is -0.150. The van der Waals surface area contributed by atoms with Crippen molar-refractivity contribution in [2.45, 2.75) is 25.9 Å². The van der Waals surface area contributed by atoms with Crippen LogP contribution in [0, 0.1) is 13.8 Å². The van der Waals surface area contributed by atoms with E-state index in [1.54, 1.807) is 24.3 Å². The summed E-state index contributed by atoms with van der Waals surface area (Å²) in [6, 6.07) is 7.06. The third-order valence-corrected chi connectivity index (χ3v) is 5.82. The lowest BCUT2D eigenvalue weighted by Gasteiger charge is -2.04. The molecule has 25 heavy (non-hydrogen) atoms. The number of carbonyl (C=O) groups is 1. The van der Waals surface area contributed by atoms with E-state index in [9.17, 15) is 9.59 Å². The number of hydrogen-bond acceptors (Lipinski definition) is 6. The van der Waals surface area contributed by atoms with E-state index in [4.69, 9.17) is 4.74 Å². The maximum atomic E-state index is 12.3. The molecule has 0 aliphatic heterocycles. The monoisotopic (exact) mass is 374 g/mol. The summed E-state index contributed by atoms with van der Waals surface area (Å²) in [5.74, 6) is 0.937. The van der Waals surface area contributed by atoms with E-state index >= 15 is 0 Å². The van der Waals surface area contributed by atoms with Gasteiger partial charge in [0.1, 0.15) is 10.6 Å². The van der Waals surface area contributed by atoms with Crippen molar-refractivity contribution in [1.82, 2.24) is 9.97 Å². The molecular weight excluding hydrogens is 356 g/mol. The summed E-state index contributed by atoms with van der Waals surface area (Å²) in [4.78, 5) is 33.6.